The van der Waals surface area contributed by atoms with Crippen molar-refractivity contribution in [2.75, 3.05) is 33.4 Å². The van der Waals surface area contributed by atoms with Gasteiger partial charge in [0.25, 0.3) is 0 Å². The Balaban J connectivity index is 2.44. The van der Waals surface area contributed by atoms with Crippen LogP contribution in [-0.2, 0) is 4.74 Å². The van der Waals surface area contributed by atoms with E-state index >= 15 is 0 Å². The number of rotatable bonds is 5. The zero-order chi connectivity index (χ0) is 13.6. The maximum atomic E-state index is 6.09. The largest absolute Gasteiger partial charge is 0.385 e. The Bertz CT molecular complexity index is 276. The fraction of sp³-hybridized carbons (Fsp3) is 0.929. The summed E-state index contributed by atoms with van der Waals surface area (Å²) in [5.74, 6) is 1.45. The molecule has 18 heavy (non-hydrogen) atoms. The van der Waals surface area contributed by atoms with Crippen LogP contribution in [0.5, 0.6) is 0 Å². The summed E-state index contributed by atoms with van der Waals surface area (Å²) in [7, 11) is 1.74. The summed E-state index contributed by atoms with van der Waals surface area (Å²) in [6.07, 6.45) is 3.55. The third-order valence-corrected chi connectivity index (χ3v) is 3.63. The van der Waals surface area contributed by atoms with Gasteiger partial charge in [0.2, 0.25) is 0 Å². The van der Waals surface area contributed by atoms with E-state index in [1.807, 2.05) is 0 Å². The molecule has 1 heterocycles. The molecule has 0 radical (unpaired) electrons. The van der Waals surface area contributed by atoms with Crippen LogP contribution in [-0.4, -0.2) is 44.2 Å². The first-order valence-corrected chi connectivity index (χ1v) is 6.98. The van der Waals surface area contributed by atoms with Crippen molar-refractivity contribution in [3.05, 3.63) is 0 Å². The van der Waals surface area contributed by atoms with Crippen molar-refractivity contribution in [3.8, 4) is 0 Å². The zero-order valence-electron chi connectivity index (χ0n) is 12.4. The SMILES string of the molecule is COCCC(C)(C)CN=C(N)N1CCCC(C)C1. The standard InChI is InChI=1S/C14H29N3O/c1-12-6-5-8-17(10-12)13(15)16-11-14(2,3)7-9-18-4/h12H,5-11H2,1-4H3,(H2,15,16). The second-order valence-electron chi connectivity index (χ2n) is 6.27. The molecule has 4 nitrogen and oxygen atoms in total. The smallest absolute Gasteiger partial charge is 0.191 e. The molecule has 0 aromatic heterocycles. The van der Waals surface area contributed by atoms with E-state index in [0.717, 1.165) is 38.6 Å². The van der Waals surface area contributed by atoms with Gasteiger partial charge in [0.05, 0.1) is 0 Å². The van der Waals surface area contributed by atoms with Gasteiger partial charge in [-0.2, -0.15) is 0 Å². The minimum absolute atomic E-state index is 0.155. The monoisotopic (exact) mass is 255 g/mol. The van der Waals surface area contributed by atoms with Crippen LogP contribution in [0.15, 0.2) is 4.99 Å². The van der Waals surface area contributed by atoms with Gasteiger partial charge in [0, 0.05) is 33.4 Å². The van der Waals surface area contributed by atoms with Crippen LogP contribution in [0.1, 0.15) is 40.0 Å². The number of nitrogens with two attached hydrogens (primary N) is 1. The van der Waals surface area contributed by atoms with Crippen LogP contribution in [0.4, 0.5) is 0 Å². The normalized spacial score (nSPS) is 22.3. The van der Waals surface area contributed by atoms with E-state index in [2.05, 4.69) is 30.7 Å². The van der Waals surface area contributed by atoms with E-state index in [4.69, 9.17) is 10.5 Å². The summed E-state index contributed by atoms with van der Waals surface area (Å²) in [6, 6.07) is 0. The number of hydrogen-bond acceptors (Lipinski definition) is 2. The topological polar surface area (TPSA) is 50.9 Å². The van der Waals surface area contributed by atoms with Crippen molar-refractivity contribution in [1.29, 1.82) is 0 Å². The van der Waals surface area contributed by atoms with Crippen LogP contribution in [0.3, 0.4) is 0 Å². The summed E-state index contributed by atoms with van der Waals surface area (Å²) in [4.78, 5) is 6.79. The van der Waals surface area contributed by atoms with Crippen LogP contribution in [0, 0.1) is 11.3 Å². The molecule has 1 atom stereocenters. The lowest BCUT2D eigenvalue weighted by Gasteiger charge is -2.32. The number of piperidine rings is 1. The average Bonchev–Trinajstić information content (AvgIpc) is 2.34. The van der Waals surface area contributed by atoms with Gasteiger partial charge in [0.15, 0.2) is 5.96 Å². The first kappa shape index (κ1) is 15.3. The number of nitrogens with zero attached hydrogens (tertiary/aromatic N) is 2. The Morgan fingerprint density at radius 3 is 2.83 bits per heavy atom. The highest BCUT2D eigenvalue weighted by molar-refractivity contribution is 5.78. The third kappa shape index (κ3) is 5.25. The van der Waals surface area contributed by atoms with Crippen molar-refractivity contribution >= 4 is 5.96 Å². The lowest BCUT2D eigenvalue weighted by Crippen LogP contribution is -2.44. The van der Waals surface area contributed by atoms with Crippen molar-refractivity contribution in [3.63, 3.8) is 0 Å². The Morgan fingerprint density at radius 2 is 2.22 bits per heavy atom. The molecule has 0 bridgehead atoms. The molecule has 0 aliphatic carbocycles. The predicted molar refractivity (Wildman–Crippen MR) is 76.7 cm³/mol. The molecule has 0 spiro atoms. The molecule has 0 aromatic carbocycles. The van der Waals surface area contributed by atoms with E-state index in [-0.39, 0.29) is 5.41 Å². The van der Waals surface area contributed by atoms with E-state index in [9.17, 15) is 0 Å². The Kier molecular flexibility index (Phi) is 5.93. The van der Waals surface area contributed by atoms with E-state index < -0.39 is 0 Å². The van der Waals surface area contributed by atoms with Gasteiger partial charge in [-0.3, -0.25) is 4.99 Å². The van der Waals surface area contributed by atoms with Gasteiger partial charge in [-0.1, -0.05) is 20.8 Å². The maximum absolute atomic E-state index is 6.09. The molecule has 0 saturated carbocycles. The second kappa shape index (κ2) is 6.98. The molecule has 1 aliphatic heterocycles. The predicted octanol–water partition coefficient (Wildman–Crippen LogP) is 2.10. The summed E-state index contributed by atoms with van der Waals surface area (Å²) >= 11 is 0. The molecule has 106 valence electrons. The van der Waals surface area contributed by atoms with E-state index in [0.29, 0.717) is 5.96 Å². The van der Waals surface area contributed by atoms with Gasteiger partial charge < -0.3 is 15.4 Å². The number of methoxy groups -OCH3 is 1. The Morgan fingerprint density at radius 1 is 1.50 bits per heavy atom. The first-order chi connectivity index (χ1) is 8.44. The fourth-order valence-corrected chi connectivity index (χ4v) is 2.25. The van der Waals surface area contributed by atoms with Crippen molar-refractivity contribution < 1.29 is 4.74 Å². The maximum Gasteiger partial charge on any atom is 0.191 e. The van der Waals surface area contributed by atoms with Gasteiger partial charge >= 0.3 is 0 Å². The number of aliphatic imine (C=N–C) groups is 1. The lowest BCUT2D eigenvalue weighted by molar-refractivity contribution is 0.155. The minimum Gasteiger partial charge on any atom is -0.385 e. The molecule has 1 saturated heterocycles. The zero-order valence-corrected chi connectivity index (χ0v) is 12.4. The first-order valence-electron chi connectivity index (χ1n) is 6.98. The second-order valence-corrected chi connectivity index (χ2v) is 6.27. The van der Waals surface area contributed by atoms with Crippen LogP contribution < -0.4 is 5.73 Å². The van der Waals surface area contributed by atoms with Crippen molar-refractivity contribution in [2.45, 2.75) is 40.0 Å². The van der Waals surface area contributed by atoms with E-state index in [1.54, 1.807) is 7.11 Å². The number of likely N-dealkylation sites (tertiary alicyclic amines) is 1. The summed E-state index contributed by atoms with van der Waals surface area (Å²) < 4.78 is 5.12. The van der Waals surface area contributed by atoms with Crippen molar-refractivity contribution in [2.24, 2.45) is 22.1 Å². The highest BCUT2D eigenvalue weighted by atomic mass is 16.5. The molecule has 0 amide bonds. The number of guanidine groups is 1. The summed E-state index contributed by atoms with van der Waals surface area (Å²) in [5, 5.41) is 0. The fourth-order valence-electron chi connectivity index (χ4n) is 2.25. The average molecular weight is 255 g/mol. The molecule has 1 unspecified atom stereocenters. The highest BCUT2D eigenvalue weighted by Gasteiger charge is 2.20. The molecular formula is C14H29N3O. The Labute approximate surface area is 112 Å². The van der Waals surface area contributed by atoms with Crippen LogP contribution in [0.2, 0.25) is 0 Å². The van der Waals surface area contributed by atoms with Gasteiger partial charge in [-0.25, -0.2) is 0 Å². The summed E-state index contributed by atoms with van der Waals surface area (Å²) in [6.45, 7) is 10.4. The highest BCUT2D eigenvalue weighted by Crippen LogP contribution is 2.21. The van der Waals surface area contributed by atoms with Crippen LogP contribution >= 0.6 is 0 Å². The molecule has 4 heteroatoms. The van der Waals surface area contributed by atoms with Gasteiger partial charge in [-0.15, -0.1) is 0 Å². The summed E-state index contributed by atoms with van der Waals surface area (Å²) in [5.41, 5.74) is 6.25. The molecule has 1 rings (SSSR count). The molecule has 1 fully saturated rings. The molecule has 2 N–H and O–H groups in total. The van der Waals surface area contributed by atoms with Crippen molar-refractivity contribution in [1.82, 2.24) is 4.90 Å². The Hall–Kier alpha value is -0.770. The number of hydrogen-bond donors (Lipinski definition) is 1. The molecule has 0 aromatic rings. The minimum atomic E-state index is 0.155. The molecule has 1 aliphatic rings. The van der Waals surface area contributed by atoms with E-state index in [1.165, 1.54) is 12.8 Å². The number of ether oxygens (including phenoxy) is 1. The van der Waals surface area contributed by atoms with Crippen LogP contribution in [0.25, 0.3) is 0 Å². The quantitative estimate of drug-likeness (QED) is 0.604. The molecular weight excluding hydrogens is 226 g/mol. The van der Waals surface area contributed by atoms with Gasteiger partial charge in [0.1, 0.15) is 0 Å². The third-order valence-electron chi connectivity index (χ3n) is 3.63. The lowest BCUT2D eigenvalue weighted by atomic mass is 9.90. The van der Waals surface area contributed by atoms with Gasteiger partial charge in [-0.05, 0) is 30.6 Å².